The summed E-state index contributed by atoms with van der Waals surface area (Å²) in [6.07, 6.45) is 0. The number of aromatic nitrogens is 6. The second-order valence-corrected chi connectivity index (χ2v) is 7.26. The highest BCUT2D eigenvalue weighted by molar-refractivity contribution is 5.72. The number of hydrogen-bond acceptors (Lipinski definition) is 4. The minimum atomic E-state index is -0.492. The molecule has 1 aromatic carbocycles. The predicted molar refractivity (Wildman–Crippen MR) is 107 cm³/mol. The van der Waals surface area contributed by atoms with E-state index in [1.807, 2.05) is 38.3 Å². The normalized spacial score (nSPS) is 11.5. The molecule has 8 nitrogen and oxygen atoms in total. The van der Waals surface area contributed by atoms with E-state index < -0.39 is 11.2 Å². The lowest BCUT2D eigenvalue weighted by Gasteiger charge is -2.12. The Balaban J connectivity index is 2.07. The molecule has 0 aliphatic rings. The Morgan fingerprint density at radius 1 is 1.07 bits per heavy atom. The van der Waals surface area contributed by atoms with E-state index in [1.54, 1.807) is 11.7 Å². The first-order valence-corrected chi connectivity index (χ1v) is 9.05. The standard InChI is InChI=1S/C20H22N6O2/c1-11-6-7-12(2)15(8-11)10-25-16-17(24(5)20(28)22-18(16)27)21-19(25)26-14(4)9-13(3)23-26/h6-9H,10H2,1-5H3,(H,22,27,28). The van der Waals surface area contributed by atoms with E-state index in [4.69, 9.17) is 0 Å². The second kappa shape index (κ2) is 6.33. The number of H-pyrrole nitrogens is 1. The van der Waals surface area contributed by atoms with Gasteiger partial charge in [0.2, 0.25) is 5.95 Å². The van der Waals surface area contributed by atoms with E-state index in [0.717, 1.165) is 28.1 Å². The van der Waals surface area contributed by atoms with Gasteiger partial charge in [0.15, 0.2) is 11.2 Å². The first kappa shape index (κ1) is 18.0. The molecular weight excluding hydrogens is 356 g/mol. The summed E-state index contributed by atoms with van der Waals surface area (Å²) in [5, 5.41) is 4.53. The zero-order valence-electron chi connectivity index (χ0n) is 16.6. The third-order valence-corrected chi connectivity index (χ3v) is 5.02. The van der Waals surface area contributed by atoms with Crippen molar-refractivity contribution < 1.29 is 0 Å². The maximum atomic E-state index is 12.7. The van der Waals surface area contributed by atoms with Gasteiger partial charge >= 0.3 is 5.69 Å². The van der Waals surface area contributed by atoms with Crippen molar-refractivity contribution in [3.8, 4) is 5.95 Å². The molecule has 0 bridgehead atoms. The smallest absolute Gasteiger partial charge is 0.298 e. The van der Waals surface area contributed by atoms with Crippen LogP contribution >= 0.6 is 0 Å². The average molecular weight is 378 g/mol. The fraction of sp³-hybridized carbons (Fsp3) is 0.300. The van der Waals surface area contributed by atoms with Crippen LogP contribution in [0.4, 0.5) is 0 Å². The second-order valence-electron chi connectivity index (χ2n) is 7.26. The molecule has 0 unspecified atom stereocenters. The minimum Gasteiger partial charge on any atom is -0.298 e. The van der Waals surface area contributed by atoms with Gasteiger partial charge in [-0.15, -0.1) is 0 Å². The van der Waals surface area contributed by atoms with Gasteiger partial charge in [-0.25, -0.2) is 9.48 Å². The van der Waals surface area contributed by atoms with Crippen LogP contribution in [-0.4, -0.2) is 28.9 Å². The number of benzene rings is 1. The molecule has 8 heteroatoms. The first-order valence-electron chi connectivity index (χ1n) is 9.05. The molecule has 4 aromatic rings. The van der Waals surface area contributed by atoms with E-state index in [1.165, 1.54) is 4.57 Å². The number of fused-ring (bicyclic) bond motifs is 1. The maximum Gasteiger partial charge on any atom is 0.329 e. The number of aromatic amines is 1. The molecule has 3 heterocycles. The van der Waals surface area contributed by atoms with Crippen molar-refractivity contribution >= 4 is 11.2 Å². The van der Waals surface area contributed by atoms with Crippen molar-refractivity contribution in [2.75, 3.05) is 0 Å². The average Bonchev–Trinajstić information content (AvgIpc) is 3.16. The Labute approximate surface area is 161 Å². The third kappa shape index (κ3) is 2.77. The van der Waals surface area contributed by atoms with Gasteiger partial charge in [0, 0.05) is 12.7 Å². The van der Waals surface area contributed by atoms with E-state index in [2.05, 4.69) is 33.3 Å². The van der Waals surface area contributed by atoms with Gasteiger partial charge in [0.1, 0.15) is 0 Å². The van der Waals surface area contributed by atoms with Gasteiger partial charge in [-0.05, 0) is 44.9 Å². The number of nitrogens with one attached hydrogen (secondary N) is 1. The lowest BCUT2D eigenvalue weighted by atomic mass is 10.1. The van der Waals surface area contributed by atoms with E-state index in [9.17, 15) is 9.59 Å². The molecular formula is C20H22N6O2. The Morgan fingerprint density at radius 3 is 2.50 bits per heavy atom. The van der Waals surface area contributed by atoms with Crippen LogP contribution in [0.25, 0.3) is 17.1 Å². The Bertz CT molecular complexity index is 1340. The highest BCUT2D eigenvalue weighted by Gasteiger charge is 2.21. The fourth-order valence-electron chi connectivity index (χ4n) is 3.51. The van der Waals surface area contributed by atoms with Crippen LogP contribution in [0.2, 0.25) is 0 Å². The van der Waals surface area contributed by atoms with Gasteiger partial charge in [-0.1, -0.05) is 23.8 Å². The van der Waals surface area contributed by atoms with Crippen molar-refractivity contribution in [2.24, 2.45) is 7.05 Å². The zero-order valence-corrected chi connectivity index (χ0v) is 16.6. The highest BCUT2D eigenvalue weighted by Crippen LogP contribution is 2.20. The molecule has 1 N–H and O–H groups in total. The Kier molecular flexibility index (Phi) is 4.06. The molecule has 4 rings (SSSR count). The quantitative estimate of drug-likeness (QED) is 0.589. The van der Waals surface area contributed by atoms with E-state index in [0.29, 0.717) is 23.7 Å². The molecule has 0 fully saturated rings. The molecule has 0 saturated carbocycles. The summed E-state index contributed by atoms with van der Waals surface area (Å²) in [5.41, 5.74) is 4.83. The van der Waals surface area contributed by atoms with Gasteiger partial charge in [-0.2, -0.15) is 10.1 Å². The first-order chi connectivity index (χ1) is 13.3. The van der Waals surface area contributed by atoms with Gasteiger partial charge in [0.05, 0.1) is 12.2 Å². The molecule has 0 amide bonds. The molecule has 0 radical (unpaired) electrons. The van der Waals surface area contributed by atoms with Crippen molar-refractivity contribution in [1.29, 1.82) is 0 Å². The molecule has 0 atom stereocenters. The number of imidazole rings is 1. The molecule has 0 aliphatic heterocycles. The summed E-state index contributed by atoms with van der Waals surface area (Å²) in [7, 11) is 1.60. The summed E-state index contributed by atoms with van der Waals surface area (Å²) >= 11 is 0. The van der Waals surface area contributed by atoms with Crippen LogP contribution in [-0.2, 0) is 13.6 Å². The van der Waals surface area contributed by atoms with E-state index >= 15 is 0 Å². The summed E-state index contributed by atoms with van der Waals surface area (Å²) < 4.78 is 4.89. The number of rotatable bonds is 3. The molecule has 0 spiro atoms. The molecule has 0 saturated heterocycles. The molecule has 3 aromatic heterocycles. The van der Waals surface area contributed by atoms with E-state index in [-0.39, 0.29) is 0 Å². The molecule has 0 aliphatic carbocycles. The topological polar surface area (TPSA) is 90.5 Å². The monoisotopic (exact) mass is 378 g/mol. The van der Waals surface area contributed by atoms with Gasteiger partial charge < -0.3 is 0 Å². The van der Waals surface area contributed by atoms with Crippen molar-refractivity contribution in [3.05, 3.63) is 73.2 Å². The Hall–Kier alpha value is -3.42. The number of hydrogen-bond donors (Lipinski definition) is 1. The van der Waals surface area contributed by atoms with Crippen LogP contribution in [0, 0.1) is 27.7 Å². The largest absolute Gasteiger partial charge is 0.329 e. The van der Waals surface area contributed by atoms with Crippen LogP contribution in [0.1, 0.15) is 28.1 Å². The van der Waals surface area contributed by atoms with Crippen LogP contribution in [0.5, 0.6) is 0 Å². The number of aryl methyl sites for hydroxylation is 5. The fourth-order valence-corrected chi connectivity index (χ4v) is 3.51. The van der Waals surface area contributed by atoms with Crippen LogP contribution < -0.4 is 11.2 Å². The zero-order chi connectivity index (χ0) is 20.2. The predicted octanol–water partition coefficient (Wildman–Crippen LogP) is 1.89. The Morgan fingerprint density at radius 2 is 1.82 bits per heavy atom. The highest BCUT2D eigenvalue weighted by atomic mass is 16.2. The lowest BCUT2D eigenvalue weighted by molar-refractivity contribution is 0.699. The van der Waals surface area contributed by atoms with Gasteiger partial charge in [-0.3, -0.25) is 18.9 Å². The van der Waals surface area contributed by atoms with Gasteiger partial charge in [0.25, 0.3) is 5.56 Å². The van der Waals surface area contributed by atoms with Crippen molar-refractivity contribution in [3.63, 3.8) is 0 Å². The summed E-state index contributed by atoms with van der Waals surface area (Å²) in [6, 6.07) is 8.17. The van der Waals surface area contributed by atoms with Crippen LogP contribution in [0.3, 0.4) is 0 Å². The summed E-state index contributed by atoms with van der Waals surface area (Å²) in [5.74, 6) is 0.508. The minimum absolute atomic E-state index is 0.335. The summed E-state index contributed by atoms with van der Waals surface area (Å²) in [6.45, 7) is 8.36. The maximum absolute atomic E-state index is 12.7. The number of nitrogens with zero attached hydrogens (tertiary/aromatic N) is 5. The molecule has 28 heavy (non-hydrogen) atoms. The summed E-state index contributed by atoms with van der Waals surface area (Å²) in [4.78, 5) is 31.8. The van der Waals surface area contributed by atoms with Crippen molar-refractivity contribution in [1.82, 2.24) is 28.9 Å². The third-order valence-electron chi connectivity index (χ3n) is 5.02. The van der Waals surface area contributed by atoms with Crippen LogP contribution in [0.15, 0.2) is 33.9 Å². The van der Waals surface area contributed by atoms with Crippen molar-refractivity contribution in [2.45, 2.75) is 34.2 Å². The molecule has 144 valence electrons. The SMILES string of the molecule is Cc1ccc(C)c(Cn2c(-n3nc(C)cc3C)nc3c2c(=O)[nH]c(=O)n3C)c1. The lowest BCUT2D eigenvalue weighted by Crippen LogP contribution is -2.29.